The van der Waals surface area contributed by atoms with Gasteiger partial charge in [0.25, 0.3) is 0 Å². The topological polar surface area (TPSA) is 26.3 Å². The summed E-state index contributed by atoms with van der Waals surface area (Å²) in [5.41, 5.74) is 0. The van der Waals surface area contributed by atoms with Crippen molar-refractivity contribution in [2.45, 2.75) is 30.9 Å². The van der Waals surface area contributed by atoms with Gasteiger partial charge in [0.1, 0.15) is 5.78 Å². The predicted octanol–water partition coefficient (Wildman–Crippen LogP) is 1.88. The summed E-state index contributed by atoms with van der Waals surface area (Å²) in [6, 6.07) is 0. The van der Waals surface area contributed by atoms with Crippen LogP contribution in [0.25, 0.3) is 0 Å². The normalized spacial score (nSPS) is 30.6. The molecule has 0 spiro atoms. The van der Waals surface area contributed by atoms with E-state index in [9.17, 15) is 4.79 Å². The first-order chi connectivity index (χ1) is 6.38. The molecule has 0 saturated carbocycles. The van der Waals surface area contributed by atoms with Crippen molar-refractivity contribution in [3.8, 4) is 0 Å². The average molecular weight is 200 g/mol. The second-order valence-corrected chi connectivity index (χ2v) is 5.10. The van der Waals surface area contributed by atoms with Gasteiger partial charge < -0.3 is 4.74 Å². The highest BCUT2D eigenvalue weighted by atomic mass is 32.2. The molecule has 1 unspecified atom stereocenters. The summed E-state index contributed by atoms with van der Waals surface area (Å²) in [5, 5.41) is 0.322. The van der Waals surface area contributed by atoms with E-state index < -0.39 is 0 Å². The van der Waals surface area contributed by atoms with Gasteiger partial charge in [0.05, 0.1) is 5.25 Å². The van der Waals surface area contributed by atoms with E-state index in [0.717, 1.165) is 32.5 Å². The van der Waals surface area contributed by atoms with Crippen LogP contribution in [-0.4, -0.2) is 30.0 Å². The highest BCUT2D eigenvalue weighted by Gasteiger charge is 2.30. The Morgan fingerprint density at radius 2 is 2.00 bits per heavy atom. The fourth-order valence-electron chi connectivity index (χ4n) is 2.05. The molecule has 0 aliphatic carbocycles. The maximum absolute atomic E-state index is 11.9. The number of rotatable bonds is 2. The van der Waals surface area contributed by atoms with Crippen LogP contribution in [0.1, 0.15) is 25.7 Å². The molecule has 2 nitrogen and oxygen atoms in total. The summed E-state index contributed by atoms with van der Waals surface area (Å²) in [5.74, 6) is 2.00. The van der Waals surface area contributed by atoms with Crippen LogP contribution in [0.3, 0.4) is 0 Å². The van der Waals surface area contributed by atoms with Crippen LogP contribution in [0.2, 0.25) is 0 Å². The fraction of sp³-hybridized carbons (Fsp3) is 0.900. The molecule has 0 bridgehead atoms. The number of hydrogen-bond donors (Lipinski definition) is 0. The minimum absolute atomic E-state index is 0.310. The molecule has 13 heavy (non-hydrogen) atoms. The van der Waals surface area contributed by atoms with Gasteiger partial charge in [-0.1, -0.05) is 0 Å². The van der Waals surface area contributed by atoms with Crippen LogP contribution in [0.4, 0.5) is 0 Å². The van der Waals surface area contributed by atoms with Gasteiger partial charge in [-0.25, -0.2) is 0 Å². The monoisotopic (exact) mass is 200 g/mol. The van der Waals surface area contributed by atoms with Crippen molar-refractivity contribution in [3.63, 3.8) is 0 Å². The van der Waals surface area contributed by atoms with E-state index in [4.69, 9.17) is 4.74 Å². The Bertz CT molecular complexity index is 181. The van der Waals surface area contributed by atoms with Crippen molar-refractivity contribution >= 4 is 17.5 Å². The molecule has 2 heterocycles. The Morgan fingerprint density at radius 3 is 2.62 bits per heavy atom. The summed E-state index contributed by atoms with van der Waals surface area (Å²) in [4.78, 5) is 11.9. The van der Waals surface area contributed by atoms with Crippen LogP contribution in [0, 0.1) is 5.92 Å². The maximum atomic E-state index is 11.9. The fourth-order valence-corrected chi connectivity index (χ4v) is 3.35. The molecule has 2 aliphatic heterocycles. The molecule has 2 aliphatic rings. The number of carbonyl (C=O) groups excluding carboxylic acids is 1. The highest BCUT2D eigenvalue weighted by Crippen LogP contribution is 2.31. The lowest BCUT2D eigenvalue weighted by Crippen LogP contribution is -2.29. The lowest BCUT2D eigenvalue weighted by atomic mass is 9.92. The van der Waals surface area contributed by atoms with Crippen molar-refractivity contribution in [2.24, 2.45) is 5.92 Å². The Labute approximate surface area is 83.4 Å². The molecule has 0 amide bonds. The van der Waals surface area contributed by atoms with Crippen molar-refractivity contribution in [3.05, 3.63) is 0 Å². The molecule has 3 heteroatoms. The number of carbonyl (C=O) groups is 1. The van der Waals surface area contributed by atoms with Crippen LogP contribution in [0.5, 0.6) is 0 Å². The number of Topliss-reactive ketones (excluding diaryl/α,β-unsaturated/α-hetero) is 1. The first-order valence-corrected chi connectivity index (χ1v) is 6.16. The quantitative estimate of drug-likeness (QED) is 0.681. The first kappa shape index (κ1) is 9.53. The number of ether oxygens (including phenoxy) is 1. The smallest absolute Gasteiger partial charge is 0.149 e. The standard InChI is InChI=1S/C10H16O2S/c11-10(9-2-1-7-13-9)8-3-5-12-6-4-8/h8-9H,1-7H2. The molecule has 74 valence electrons. The van der Waals surface area contributed by atoms with E-state index in [1.165, 1.54) is 12.2 Å². The summed E-state index contributed by atoms with van der Waals surface area (Å²) in [6.07, 6.45) is 4.25. The van der Waals surface area contributed by atoms with Gasteiger partial charge in [0, 0.05) is 19.1 Å². The maximum Gasteiger partial charge on any atom is 0.149 e. The summed E-state index contributed by atoms with van der Waals surface area (Å²) >= 11 is 1.85. The van der Waals surface area contributed by atoms with Crippen LogP contribution >= 0.6 is 11.8 Å². The van der Waals surface area contributed by atoms with Gasteiger partial charge in [-0.3, -0.25) is 4.79 Å². The Kier molecular flexibility index (Phi) is 3.28. The van der Waals surface area contributed by atoms with Crippen LogP contribution in [0.15, 0.2) is 0 Å². The molecule has 2 saturated heterocycles. The molecule has 2 fully saturated rings. The molecule has 0 aromatic carbocycles. The Morgan fingerprint density at radius 1 is 1.23 bits per heavy atom. The van der Waals surface area contributed by atoms with Gasteiger partial charge in [-0.15, -0.1) is 0 Å². The minimum Gasteiger partial charge on any atom is -0.381 e. The highest BCUT2D eigenvalue weighted by molar-refractivity contribution is 8.00. The van der Waals surface area contributed by atoms with Gasteiger partial charge >= 0.3 is 0 Å². The molecule has 1 atom stereocenters. The van der Waals surface area contributed by atoms with Crippen LogP contribution in [-0.2, 0) is 9.53 Å². The lowest BCUT2D eigenvalue weighted by molar-refractivity contribution is -0.125. The number of hydrogen-bond acceptors (Lipinski definition) is 3. The lowest BCUT2D eigenvalue weighted by Gasteiger charge is -2.22. The van der Waals surface area contributed by atoms with E-state index in [-0.39, 0.29) is 0 Å². The molecule has 0 N–H and O–H groups in total. The molecular formula is C10H16O2S. The third kappa shape index (κ3) is 2.26. The predicted molar refractivity (Wildman–Crippen MR) is 54.0 cm³/mol. The zero-order valence-electron chi connectivity index (χ0n) is 7.83. The van der Waals surface area contributed by atoms with Gasteiger partial charge in [-0.05, 0) is 31.4 Å². The van der Waals surface area contributed by atoms with Gasteiger partial charge in [0.2, 0.25) is 0 Å². The summed E-state index contributed by atoms with van der Waals surface area (Å²) < 4.78 is 5.25. The second-order valence-electron chi connectivity index (χ2n) is 3.79. The minimum atomic E-state index is 0.310. The summed E-state index contributed by atoms with van der Waals surface area (Å²) in [6.45, 7) is 1.57. The van der Waals surface area contributed by atoms with Crippen molar-refractivity contribution < 1.29 is 9.53 Å². The Hall–Kier alpha value is -0.0200. The molecule has 0 aromatic heterocycles. The number of ketones is 1. The average Bonchev–Trinajstić information content (AvgIpc) is 2.71. The zero-order chi connectivity index (χ0) is 9.10. The van der Waals surface area contributed by atoms with Crippen LogP contribution < -0.4 is 0 Å². The molecule has 0 aromatic rings. The third-order valence-electron chi connectivity index (χ3n) is 2.87. The third-order valence-corrected chi connectivity index (χ3v) is 4.27. The molecule has 2 rings (SSSR count). The molecular weight excluding hydrogens is 184 g/mol. The van der Waals surface area contributed by atoms with Gasteiger partial charge in [-0.2, -0.15) is 11.8 Å². The summed E-state index contributed by atoms with van der Waals surface area (Å²) in [7, 11) is 0. The van der Waals surface area contributed by atoms with Crippen molar-refractivity contribution in [1.29, 1.82) is 0 Å². The second kappa shape index (κ2) is 4.47. The zero-order valence-corrected chi connectivity index (χ0v) is 8.65. The van der Waals surface area contributed by atoms with Crippen molar-refractivity contribution in [2.75, 3.05) is 19.0 Å². The largest absolute Gasteiger partial charge is 0.381 e. The van der Waals surface area contributed by atoms with E-state index in [1.54, 1.807) is 0 Å². The van der Waals surface area contributed by atoms with E-state index in [0.29, 0.717) is 17.0 Å². The first-order valence-electron chi connectivity index (χ1n) is 5.11. The van der Waals surface area contributed by atoms with E-state index >= 15 is 0 Å². The van der Waals surface area contributed by atoms with E-state index in [1.807, 2.05) is 11.8 Å². The number of thioether (sulfide) groups is 1. The Balaban J connectivity index is 1.87. The SMILES string of the molecule is O=C(C1CCOCC1)C1CCCS1. The van der Waals surface area contributed by atoms with E-state index in [2.05, 4.69) is 0 Å². The van der Waals surface area contributed by atoms with Crippen molar-refractivity contribution in [1.82, 2.24) is 0 Å². The van der Waals surface area contributed by atoms with Gasteiger partial charge in [0.15, 0.2) is 0 Å². The molecule has 0 radical (unpaired) electrons.